The van der Waals surface area contributed by atoms with Crippen LogP contribution in [0.1, 0.15) is 51.2 Å². The number of rotatable bonds is 10. The molecular formula is C33H38N2O4. The van der Waals surface area contributed by atoms with Crippen molar-refractivity contribution in [3.63, 3.8) is 0 Å². The number of hydrogen-bond donors (Lipinski definition) is 0. The van der Waals surface area contributed by atoms with Gasteiger partial charge in [-0.15, -0.1) is 6.42 Å². The number of nitrogens with zero attached hydrogens (tertiary/aromatic N) is 2. The molecule has 0 unspecified atom stereocenters. The van der Waals surface area contributed by atoms with Crippen molar-refractivity contribution in [3.05, 3.63) is 82.3 Å². The zero-order valence-electron chi connectivity index (χ0n) is 23.8. The topological polar surface area (TPSA) is 62.6 Å². The lowest BCUT2D eigenvalue weighted by Crippen LogP contribution is -2.24. The Bertz CT molecular complexity index is 1480. The van der Waals surface area contributed by atoms with Gasteiger partial charge < -0.3 is 14.2 Å². The molecular weight excluding hydrogens is 488 g/mol. The van der Waals surface area contributed by atoms with E-state index in [0.717, 1.165) is 34.9 Å². The predicted octanol–water partition coefficient (Wildman–Crippen LogP) is 6.88. The highest BCUT2D eigenvalue weighted by molar-refractivity contribution is 5.93. The number of benzene rings is 3. The molecule has 0 N–H and O–H groups in total. The van der Waals surface area contributed by atoms with Gasteiger partial charge in [0.2, 0.25) is 0 Å². The van der Waals surface area contributed by atoms with E-state index in [1.54, 1.807) is 18.8 Å². The van der Waals surface area contributed by atoms with E-state index in [9.17, 15) is 4.79 Å². The van der Waals surface area contributed by atoms with Crippen molar-refractivity contribution in [1.29, 1.82) is 0 Å². The second-order valence-electron chi connectivity index (χ2n) is 9.14. The van der Waals surface area contributed by atoms with Gasteiger partial charge in [-0.05, 0) is 60.2 Å². The van der Waals surface area contributed by atoms with E-state index in [4.69, 9.17) is 20.6 Å². The van der Waals surface area contributed by atoms with E-state index in [-0.39, 0.29) is 12.3 Å². The first-order valence-electron chi connectivity index (χ1n) is 13.4. The van der Waals surface area contributed by atoms with Crippen LogP contribution in [-0.2, 0) is 13.0 Å². The molecule has 39 heavy (non-hydrogen) atoms. The van der Waals surface area contributed by atoms with Crippen molar-refractivity contribution in [2.24, 2.45) is 0 Å². The number of terminal acetylenes is 1. The lowest BCUT2D eigenvalue weighted by molar-refractivity contribution is 0.354. The third-order valence-corrected chi connectivity index (χ3v) is 6.42. The number of fused-ring (bicyclic) bond motifs is 1. The Labute approximate surface area is 231 Å². The van der Waals surface area contributed by atoms with Gasteiger partial charge in [0.25, 0.3) is 0 Å². The Morgan fingerprint density at radius 2 is 1.67 bits per heavy atom. The van der Waals surface area contributed by atoms with Crippen LogP contribution in [-0.4, -0.2) is 30.4 Å². The monoisotopic (exact) mass is 526 g/mol. The first kappa shape index (κ1) is 29.3. The largest absolute Gasteiger partial charge is 0.493 e. The van der Waals surface area contributed by atoms with Crippen LogP contribution >= 0.6 is 0 Å². The van der Waals surface area contributed by atoms with E-state index in [2.05, 4.69) is 36.9 Å². The van der Waals surface area contributed by atoms with Crippen LogP contribution in [0, 0.1) is 12.3 Å². The normalized spacial score (nSPS) is 10.5. The molecule has 1 aromatic heterocycles. The van der Waals surface area contributed by atoms with Gasteiger partial charge in [0.15, 0.2) is 11.5 Å². The van der Waals surface area contributed by atoms with Gasteiger partial charge in [-0.1, -0.05) is 63.9 Å². The number of hydrogen-bond acceptors (Lipinski definition) is 5. The second-order valence-corrected chi connectivity index (χ2v) is 9.14. The Hall–Kier alpha value is -4.24. The maximum atomic E-state index is 13.2. The number of methoxy groups -OCH3 is 2. The molecule has 6 heteroatoms. The first-order valence-corrected chi connectivity index (χ1v) is 13.4. The molecule has 4 rings (SSSR count). The summed E-state index contributed by atoms with van der Waals surface area (Å²) in [6, 6.07) is 19.8. The van der Waals surface area contributed by atoms with Crippen LogP contribution in [0.15, 0.2) is 65.5 Å². The minimum atomic E-state index is -0.278. The van der Waals surface area contributed by atoms with Gasteiger partial charge in [-0.3, -0.25) is 4.57 Å². The van der Waals surface area contributed by atoms with E-state index < -0.39 is 0 Å². The fourth-order valence-corrected chi connectivity index (χ4v) is 4.41. The van der Waals surface area contributed by atoms with Crippen LogP contribution in [0.4, 0.5) is 0 Å². The van der Waals surface area contributed by atoms with Gasteiger partial charge in [0, 0.05) is 17.5 Å². The summed E-state index contributed by atoms with van der Waals surface area (Å²) < 4.78 is 18.2. The molecule has 4 aromatic rings. The Balaban J connectivity index is 0.00000205. The van der Waals surface area contributed by atoms with Crippen molar-refractivity contribution in [1.82, 2.24) is 9.55 Å². The maximum absolute atomic E-state index is 13.2. The predicted molar refractivity (Wildman–Crippen MR) is 159 cm³/mol. The molecule has 204 valence electrons. The van der Waals surface area contributed by atoms with Crippen LogP contribution in [0.2, 0.25) is 0 Å². The molecule has 6 nitrogen and oxygen atoms in total. The standard InChI is InChI=1S/C31H32N2O4.C2H6/c1-6-18-37-25-14-15-27-26(20-25)30(24-12-10-23(11-13-24)21(2)3)32-31(34)33(27)17-7-8-22-9-16-28(35-4)29(19-22)36-5;1-2/h1,9-16,19-21H,7-8,17-18H2,2-5H3;1-2H3. The van der Waals surface area contributed by atoms with Gasteiger partial charge in [-0.2, -0.15) is 4.98 Å². The lowest BCUT2D eigenvalue weighted by Gasteiger charge is -2.15. The molecule has 0 aliphatic rings. The van der Waals surface area contributed by atoms with E-state index in [0.29, 0.717) is 35.4 Å². The van der Waals surface area contributed by atoms with E-state index >= 15 is 0 Å². The molecule has 0 saturated carbocycles. The van der Waals surface area contributed by atoms with Crippen molar-refractivity contribution in [3.8, 4) is 40.8 Å². The third kappa shape index (κ3) is 7.00. The summed E-state index contributed by atoms with van der Waals surface area (Å²) in [4.78, 5) is 17.8. The molecule has 0 amide bonds. The Morgan fingerprint density at radius 1 is 0.949 bits per heavy atom. The van der Waals surface area contributed by atoms with Crippen molar-refractivity contribution in [2.45, 2.75) is 53.0 Å². The van der Waals surface area contributed by atoms with Gasteiger partial charge >= 0.3 is 5.69 Å². The number of ether oxygens (including phenoxy) is 3. The zero-order valence-corrected chi connectivity index (χ0v) is 23.8. The number of aryl methyl sites for hydroxylation is 2. The molecule has 0 saturated heterocycles. The molecule has 0 aliphatic heterocycles. The maximum Gasteiger partial charge on any atom is 0.348 e. The average Bonchev–Trinajstić information content (AvgIpc) is 2.97. The summed E-state index contributed by atoms with van der Waals surface area (Å²) in [5, 5.41) is 0.845. The highest BCUT2D eigenvalue weighted by Crippen LogP contribution is 2.31. The minimum absolute atomic E-state index is 0.169. The van der Waals surface area contributed by atoms with Gasteiger partial charge in [0.1, 0.15) is 12.4 Å². The third-order valence-electron chi connectivity index (χ3n) is 6.42. The smallest absolute Gasteiger partial charge is 0.348 e. The minimum Gasteiger partial charge on any atom is -0.493 e. The van der Waals surface area contributed by atoms with Gasteiger partial charge in [-0.25, -0.2) is 4.79 Å². The van der Waals surface area contributed by atoms with Crippen molar-refractivity contribution < 1.29 is 14.2 Å². The van der Waals surface area contributed by atoms with Crippen LogP contribution in [0.5, 0.6) is 17.2 Å². The van der Waals surface area contributed by atoms with E-state index in [1.807, 2.05) is 62.4 Å². The fraction of sp³-hybridized carbons (Fsp3) is 0.333. The summed E-state index contributed by atoms with van der Waals surface area (Å²) >= 11 is 0. The molecule has 0 radical (unpaired) electrons. The summed E-state index contributed by atoms with van der Waals surface area (Å²) in [6.07, 6.45) is 6.91. The number of aromatic nitrogens is 2. The second kappa shape index (κ2) is 14.1. The molecule has 0 fully saturated rings. The Kier molecular flexibility index (Phi) is 10.6. The highest BCUT2D eigenvalue weighted by Gasteiger charge is 2.14. The molecule has 0 aliphatic carbocycles. The molecule has 1 heterocycles. The SMILES string of the molecule is C#CCOc1ccc2c(c1)c(-c1ccc(C(C)C)cc1)nc(=O)n2CCCc1ccc(OC)c(OC)c1.CC. The molecule has 0 spiro atoms. The average molecular weight is 527 g/mol. The molecule has 0 atom stereocenters. The van der Waals surface area contributed by atoms with Crippen LogP contribution < -0.4 is 19.9 Å². The molecule has 3 aromatic carbocycles. The zero-order chi connectivity index (χ0) is 28.4. The highest BCUT2D eigenvalue weighted by atomic mass is 16.5. The fourth-order valence-electron chi connectivity index (χ4n) is 4.41. The summed E-state index contributed by atoms with van der Waals surface area (Å²) in [6.45, 7) is 9.00. The molecule has 0 bridgehead atoms. The first-order chi connectivity index (χ1) is 18.9. The van der Waals surface area contributed by atoms with Crippen LogP contribution in [0.3, 0.4) is 0 Å². The van der Waals surface area contributed by atoms with Crippen molar-refractivity contribution in [2.75, 3.05) is 20.8 Å². The van der Waals surface area contributed by atoms with Crippen LogP contribution in [0.25, 0.3) is 22.2 Å². The van der Waals surface area contributed by atoms with E-state index in [1.165, 1.54) is 5.56 Å². The lowest BCUT2D eigenvalue weighted by atomic mass is 9.99. The quantitative estimate of drug-likeness (QED) is 0.211. The summed E-state index contributed by atoms with van der Waals surface area (Å²) in [5.41, 5.74) is 4.39. The van der Waals surface area contributed by atoms with Crippen molar-refractivity contribution >= 4 is 10.9 Å². The van der Waals surface area contributed by atoms with Gasteiger partial charge in [0.05, 0.1) is 25.4 Å². The Morgan fingerprint density at radius 3 is 2.31 bits per heavy atom. The summed E-state index contributed by atoms with van der Waals surface area (Å²) in [7, 11) is 3.24. The summed E-state index contributed by atoms with van der Waals surface area (Å²) in [5.74, 6) is 4.94.